The molecule has 1 fully saturated rings. The first-order valence-corrected chi connectivity index (χ1v) is 5.81. The van der Waals surface area contributed by atoms with Crippen molar-refractivity contribution in [3.8, 4) is 0 Å². The molecule has 0 aromatic carbocycles. The minimum Gasteiger partial charge on any atom is -0.392 e. The summed E-state index contributed by atoms with van der Waals surface area (Å²) < 4.78 is 3.79. The van der Waals surface area contributed by atoms with Gasteiger partial charge in [0.15, 0.2) is 0 Å². The Morgan fingerprint density at radius 2 is 2.36 bits per heavy atom. The molecule has 0 bridgehead atoms. The number of nitrogens with one attached hydrogen (secondary N) is 1. The molecule has 78 valence electrons. The average molecular weight is 213 g/mol. The average Bonchev–Trinajstić information content (AvgIpc) is 2.69. The van der Waals surface area contributed by atoms with Crippen LogP contribution in [0.4, 0.5) is 0 Å². The van der Waals surface area contributed by atoms with Gasteiger partial charge in [0.05, 0.1) is 17.2 Å². The lowest BCUT2D eigenvalue weighted by molar-refractivity contribution is 0.0904. The zero-order valence-electron chi connectivity index (χ0n) is 8.02. The van der Waals surface area contributed by atoms with E-state index in [-0.39, 0.29) is 12.1 Å². The molecule has 14 heavy (non-hydrogen) atoms. The van der Waals surface area contributed by atoms with Crippen LogP contribution < -0.4 is 5.32 Å². The SMILES string of the molecule is O[C@@H]1CCCC[C@H]1NCc1cnns1. The van der Waals surface area contributed by atoms with Crippen molar-refractivity contribution in [1.82, 2.24) is 14.9 Å². The summed E-state index contributed by atoms with van der Waals surface area (Å²) in [6.07, 6.45) is 5.97. The van der Waals surface area contributed by atoms with E-state index in [0.29, 0.717) is 0 Å². The van der Waals surface area contributed by atoms with Crippen molar-refractivity contribution >= 4 is 11.5 Å². The lowest BCUT2D eigenvalue weighted by atomic mass is 9.93. The molecule has 1 heterocycles. The summed E-state index contributed by atoms with van der Waals surface area (Å²) in [6.45, 7) is 0.777. The Labute approximate surface area is 87.5 Å². The number of aliphatic hydroxyl groups is 1. The largest absolute Gasteiger partial charge is 0.392 e. The Morgan fingerprint density at radius 1 is 1.50 bits per heavy atom. The summed E-state index contributed by atoms with van der Waals surface area (Å²) in [6, 6.07) is 0.255. The molecule has 2 rings (SSSR count). The van der Waals surface area contributed by atoms with Gasteiger partial charge in [-0.05, 0) is 24.4 Å². The molecule has 0 aliphatic heterocycles. The smallest absolute Gasteiger partial charge is 0.0693 e. The van der Waals surface area contributed by atoms with Crippen LogP contribution in [0.15, 0.2) is 6.20 Å². The number of rotatable bonds is 3. The van der Waals surface area contributed by atoms with Crippen molar-refractivity contribution in [2.75, 3.05) is 0 Å². The molecule has 5 heteroatoms. The second kappa shape index (κ2) is 4.82. The van der Waals surface area contributed by atoms with Crippen LogP contribution in [0.1, 0.15) is 30.6 Å². The first-order chi connectivity index (χ1) is 6.86. The quantitative estimate of drug-likeness (QED) is 0.784. The highest BCUT2D eigenvalue weighted by atomic mass is 32.1. The Balaban J connectivity index is 1.79. The number of hydrogen-bond acceptors (Lipinski definition) is 5. The molecule has 1 saturated carbocycles. The molecule has 0 saturated heterocycles. The van der Waals surface area contributed by atoms with Crippen LogP contribution in [0, 0.1) is 0 Å². The Bertz CT molecular complexity index is 265. The standard InChI is InChI=1S/C9H15N3OS/c13-9-4-2-1-3-8(9)10-5-7-6-11-12-14-7/h6,8-10,13H,1-5H2/t8-,9-/m1/s1. The van der Waals surface area contributed by atoms with E-state index in [2.05, 4.69) is 14.9 Å². The molecular weight excluding hydrogens is 198 g/mol. The molecule has 2 N–H and O–H groups in total. The Hall–Kier alpha value is -0.520. The summed E-state index contributed by atoms with van der Waals surface area (Å²) in [7, 11) is 0. The van der Waals surface area contributed by atoms with Crippen LogP contribution in [0.2, 0.25) is 0 Å². The minimum atomic E-state index is -0.176. The molecule has 1 aromatic rings. The van der Waals surface area contributed by atoms with Crippen LogP contribution in [0.3, 0.4) is 0 Å². The third-order valence-corrected chi connectivity index (χ3v) is 3.34. The van der Waals surface area contributed by atoms with Crippen molar-refractivity contribution in [2.45, 2.75) is 44.4 Å². The first-order valence-electron chi connectivity index (χ1n) is 5.04. The Kier molecular flexibility index (Phi) is 3.44. The highest BCUT2D eigenvalue weighted by Gasteiger charge is 2.22. The van der Waals surface area contributed by atoms with Gasteiger partial charge < -0.3 is 10.4 Å². The van der Waals surface area contributed by atoms with E-state index in [1.165, 1.54) is 18.0 Å². The maximum atomic E-state index is 9.71. The van der Waals surface area contributed by atoms with Gasteiger partial charge in [-0.2, -0.15) is 0 Å². The van der Waals surface area contributed by atoms with Crippen LogP contribution in [-0.4, -0.2) is 26.8 Å². The highest BCUT2D eigenvalue weighted by Crippen LogP contribution is 2.18. The third-order valence-electron chi connectivity index (χ3n) is 2.67. The summed E-state index contributed by atoms with van der Waals surface area (Å²) in [5, 5.41) is 16.8. The molecule has 0 amide bonds. The van der Waals surface area contributed by atoms with Gasteiger partial charge in [-0.25, -0.2) is 0 Å². The first kappa shape index (κ1) is 10.0. The van der Waals surface area contributed by atoms with E-state index in [1.54, 1.807) is 6.20 Å². The van der Waals surface area contributed by atoms with E-state index in [1.807, 2.05) is 0 Å². The van der Waals surface area contributed by atoms with Crippen LogP contribution >= 0.6 is 11.5 Å². The maximum absolute atomic E-state index is 9.71. The van der Waals surface area contributed by atoms with E-state index in [0.717, 1.165) is 30.7 Å². The molecule has 0 unspecified atom stereocenters. The molecule has 0 spiro atoms. The fourth-order valence-electron chi connectivity index (χ4n) is 1.85. The van der Waals surface area contributed by atoms with Crippen LogP contribution in [-0.2, 0) is 6.54 Å². The third kappa shape index (κ3) is 2.50. The molecule has 2 atom stereocenters. The van der Waals surface area contributed by atoms with Gasteiger partial charge in [0.2, 0.25) is 0 Å². The minimum absolute atomic E-state index is 0.176. The predicted molar refractivity (Wildman–Crippen MR) is 55.0 cm³/mol. The normalized spacial score (nSPS) is 27.8. The number of hydrogen-bond donors (Lipinski definition) is 2. The number of aliphatic hydroxyl groups excluding tert-OH is 1. The van der Waals surface area contributed by atoms with Gasteiger partial charge >= 0.3 is 0 Å². The van der Waals surface area contributed by atoms with Crippen molar-refractivity contribution in [1.29, 1.82) is 0 Å². The molecule has 0 radical (unpaired) electrons. The van der Waals surface area contributed by atoms with Crippen LogP contribution in [0.5, 0.6) is 0 Å². The summed E-state index contributed by atoms with van der Waals surface area (Å²) in [5.41, 5.74) is 0. The predicted octanol–water partition coefficient (Wildman–Crippen LogP) is 0.931. The van der Waals surface area contributed by atoms with Crippen molar-refractivity contribution in [2.24, 2.45) is 0 Å². The summed E-state index contributed by atoms with van der Waals surface area (Å²) in [4.78, 5) is 1.13. The monoisotopic (exact) mass is 213 g/mol. The van der Waals surface area contributed by atoms with Gasteiger partial charge in [-0.1, -0.05) is 17.3 Å². The van der Waals surface area contributed by atoms with Gasteiger partial charge in [0, 0.05) is 12.6 Å². The number of nitrogens with zero attached hydrogens (tertiary/aromatic N) is 2. The van der Waals surface area contributed by atoms with Gasteiger partial charge in [-0.15, -0.1) is 5.10 Å². The van der Waals surface area contributed by atoms with Gasteiger partial charge in [-0.3, -0.25) is 0 Å². The summed E-state index contributed by atoms with van der Waals surface area (Å²) >= 11 is 1.41. The second-order valence-corrected chi connectivity index (χ2v) is 4.59. The van der Waals surface area contributed by atoms with E-state index >= 15 is 0 Å². The lowest BCUT2D eigenvalue weighted by Gasteiger charge is -2.28. The highest BCUT2D eigenvalue weighted by molar-refractivity contribution is 7.05. The van der Waals surface area contributed by atoms with Crippen molar-refractivity contribution in [3.63, 3.8) is 0 Å². The van der Waals surface area contributed by atoms with Gasteiger partial charge in [0.25, 0.3) is 0 Å². The lowest BCUT2D eigenvalue weighted by Crippen LogP contribution is -2.41. The zero-order valence-corrected chi connectivity index (χ0v) is 8.83. The van der Waals surface area contributed by atoms with E-state index in [9.17, 15) is 5.11 Å². The topological polar surface area (TPSA) is 58.0 Å². The van der Waals surface area contributed by atoms with Crippen molar-refractivity contribution in [3.05, 3.63) is 11.1 Å². The zero-order chi connectivity index (χ0) is 9.80. The fourth-order valence-corrected chi connectivity index (χ4v) is 2.29. The van der Waals surface area contributed by atoms with Gasteiger partial charge in [0.1, 0.15) is 0 Å². The fraction of sp³-hybridized carbons (Fsp3) is 0.778. The maximum Gasteiger partial charge on any atom is 0.0693 e. The molecule has 4 nitrogen and oxygen atoms in total. The summed E-state index contributed by atoms with van der Waals surface area (Å²) in [5.74, 6) is 0. The van der Waals surface area contributed by atoms with Crippen LogP contribution in [0.25, 0.3) is 0 Å². The molecule has 1 aliphatic carbocycles. The molecule has 1 aliphatic rings. The van der Waals surface area contributed by atoms with Crippen molar-refractivity contribution < 1.29 is 5.11 Å². The van der Waals surface area contributed by atoms with E-state index < -0.39 is 0 Å². The van der Waals surface area contributed by atoms with E-state index in [4.69, 9.17) is 0 Å². The second-order valence-electron chi connectivity index (χ2n) is 3.72. The Morgan fingerprint density at radius 3 is 3.07 bits per heavy atom. The molecule has 1 aromatic heterocycles. The molecular formula is C9H15N3OS. The number of aromatic nitrogens is 2.